The smallest absolute Gasteiger partial charge is 0.0462 e. The number of hydrogen-bond donors (Lipinski definition) is 1. The highest BCUT2D eigenvalue weighted by molar-refractivity contribution is 4.62. The Labute approximate surface area is 82.4 Å². The maximum absolute atomic E-state index is 4.98. The van der Waals surface area contributed by atoms with Crippen molar-refractivity contribution in [2.24, 2.45) is 0 Å². The van der Waals surface area contributed by atoms with Crippen molar-refractivity contribution in [2.45, 2.75) is 25.8 Å². The van der Waals surface area contributed by atoms with Gasteiger partial charge >= 0.3 is 0 Å². The highest BCUT2D eigenvalue weighted by Gasteiger charge is 2.00. The first-order valence-corrected chi connectivity index (χ1v) is 5.04. The van der Waals surface area contributed by atoms with E-state index in [2.05, 4.69) is 31.2 Å². The Morgan fingerprint density at radius 1 is 1.31 bits per heavy atom. The second kappa shape index (κ2) is 8.48. The molecule has 0 aromatic heterocycles. The minimum absolute atomic E-state index is 0.581. The van der Waals surface area contributed by atoms with Crippen LogP contribution in [0.1, 0.15) is 19.8 Å². The first-order chi connectivity index (χ1) is 6.16. The fourth-order valence-electron chi connectivity index (χ4n) is 1.33. The zero-order chi connectivity index (χ0) is 10.1. The third kappa shape index (κ3) is 9.80. The molecule has 0 aliphatic carbocycles. The molecular formula is C10H24N2O. The van der Waals surface area contributed by atoms with Crippen LogP contribution in [0.25, 0.3) is 0 Å². The number of nitrogens with one attached hydrogen (secondary N) is 1. The molecule has 0 fully saturated rings. The fourth-order valence-corrected chi connectivity index (χ4v) is 1.33. The molecule has 1 unspecified atom stereocenters. The highest BCUT2D eigenvalue weighted by atomic mass is 16.5. The molecular weight excluding hydrogens is 164 g/mol. The van der Waals surface area contributed by atoms with E-state index in [1.807, 2.05) is 0 Å². The molecule has 0 aromatic rings. The summed E-state index contributed by atoms with van der Waals surface area (Å²) >= 11 is 0. The van der Waals surface area contributed by atoms with Gasteiger partial charge in [-0.05, 0) is 40.4 Å². The SMILES string of the molecule is COCCCCNC(C)CN(C)C. The zero-order valence-electron chi connectivity index (χ0n) is 9.47. The molecule has 0 bridgehead atoms. The maximum atomic E-state index is 4.98. The molecule has 0 saturated heterocycles. The summed E-state index contributed by atoms with van der Waals surface area (Å²) < 4.78 is 4.98. The summed E-state index contributed by atoms with van der Waals surface area (Å²) in [5.41, 5.74) is 0. The Hall–Kier alpha value is -0.120. The number of rotatable bonds is 8. The van der Waals surface area contributed by atoms with Crippen LogP contribution in [0.15, 0.2) is 0 Å². The van der Waals surface area contributed by atoms with Crippen molar-refractivity contribution in [3.63, 3.8) is 0 Å². The van der Waals surface area contributed by atoms with Gasteiger partial charge in [-0.1, -0.05) is 0 Å². The summed E-state index contributed by atoms with van der Waals surface area (Å²) in [7, 11) is 5.95. The summed E-state index contributed by atoms with van der Waals surface area (Å²) in [4.78, 5) is 2.20. The quantitative estimate of drug-likeness (QED) is 0.574. The predicted octanol–water partition coefficient (Wildman–Crippen LogP) is 0.953. The minimum atomic E-state index is 0.581. The standard InChI is InChI=1S/C10H24N2O/c1-10(9-12(2)3)11-7-5-6-8-13-4/h10-11H,5-9H2,1-4H3. The molecule has 0 aliphatic heterocycles. The topological polar surface area (TPSA) is 24.5 Å². The number of methoxy groups -OCH3 is 1. The van der Waals surface area contributed by atoms with E-state index in [1.54, 1.807) is 7.11 Å². The Balaban J connectivity index is 3.12. The van der Waals surface area contributed by atoms with Crippen molar-refractivity contribution in [3.05, 3.63) is 0 Å². The number of unbranched alkanes of at least 4 members (excludes halogenated alkanes) is 1. The van der Waals surface area contributed by atoms with E-state index < -0.39 is 0 Å². The number of hydrogen-bond acceptors (Lipinski definition) is 3. The summed E-state index contributed by atoms with van der Waals surface area (Å²) in [6, 6.07) is 0.581. The zero-order valence-corrected chi connectivity index (χ0v) is 9.47. The first kappa shape index (κ1) is 12.9. The molecule has 0 radical (unpaired) electrons. The molecule has 0 amide bonds. The van der Waals surface area contributed by atoms with Gasteiger partial charge in [0.2, 0.25) is 0 Å². The van der Waals surface area contributed by atoms with Gasteiger partial charge in [0.15, 0.2) is 0 Å². The van der Waals surface area contributed by atoms with Crippen LogP contribution in [0.4, 0.5) is 0 Å². The molecule has 3 heteroatoms. The van der Waals surface area contributed by atoms with Crippen LogP contribution in [0, 0.1) is 0 Å². The van der Waals surface area contributed by atoms with Crippen molar-refractivity contribution >= 4 is 0 Å². The summed E-state index contributed by atoms with van der Waals surface area (Å²) in [6.45, 7) is 5.29. The van der Waals surface area contributed by atoms with Crippen molar-refractivity contribution in [2.75, 3.05) is 40.9 Å². The van der Waals surface area contributed by atoms with Gasteiger partial charge in [0.25, 0.3) is 0 Å². The minimum Gasteiger partial charge on any atom is -0.385 e. The van der Waals surface area contributed by atoms with Crippen LogP contribution < -0.4 is 5.32 Å². The molecule has 0 heterocycles. The molecule has 0 aliphatic rings. The fraction of sp³-hybridized carbons (Fsp3) is 1.00. The predicted molar refractivity (Wildman–Crippen MR) is 57.1 cm³/mol. The second-order valence-corrected chi connectivity index (χ2v) is 3.82. The lowest BCUT2D eigenvalue weighted by atomic mass is 10.3. The van der Waals surface area contributed by atoms with E-state index in [1.165, 1.54) is 6.42 Å². The van der Waals surface area contributed by atoms with E-state index in [0.29, 0.717) is 6.04 Å². The molecule has 0 spiro atoms. The third-order valence-corrected chi connectivity index (χ3v) is 1.91. The molecule has 3 nitrogen and oxygen atoms in total. The Morgan fingerprint density at radius 2 is 2.00 bits per heavy atom. The van der Waals surface area contributed by atoms with Crippen molar-refractivity contribution in [1.82, 2.24) is 10.2 Å². The average molecular weight is 188 g/mol. The normalized spacial score (nSPS) is 13.6. The van der Waals surface area contributed by atoms with Crippen LogP contribution >= 0.6 is 0 Å². The summed E-state index contributed by atoms with van der Waals surface area (Å²) in [5, 5.41) is 3.48. The van der Waals surface area contributed by atoms with Crippen LogP contribution in [0.3, 0.4) is 0 Å². The van der Waals surface area contributed by atoms with E-state index in [4.69, 9.17) is 4.74 Å². The van der Waals surface area contributed by atoms with Crippen LogP contribution in [0.5, 0.6) is 0 Å². The van der Waals surface area contributed by atoms with Crippen LogP contribution in [-0.4, -0.2) is 51.8 Å². The van der Waals surface area contributed by atoms with Gasteiger partial charge in [0.05, 0.1) is 0 Å². The summed E-state index contributed by atoms with van der Waals surface area (Å²) in [6.07, 6.45) is 2.35. The van der Waals surface area contributed by atoms with Gasteiger partial charge in [-0.3, -0.25) is 0 Å². The van der Waals surface area contributed by atoms with E-state index in [-0.39, 0.29) is 0 Å². The van der Waals surface area contributed by atoms with Gasteiger partial charge in [-0.15, -0.1) is 0 Å². The van der Waals surface area contributed by atoms with Gasteiger partial charge in [-0.25, -0.2) is 0 Å². The van der Waals surface area contributed by atoms with Crippen LogP contribution in [0.2, 0.25) is 0 Å². The van der Waals surface area contributed by atoms with E-state index in [9.17, 15) is 0 Å². The van der Waals surface area contributed by atoms with Crippen molar-refractivity contribution in [1.29, 1.82) is 0 Å². The lowest BCUT2D eigenvalue weighted by molar-refractivity contribution is 0.192. The largest absolute Gasteiger partial charge is 0.385 e. The monoisotopic (exact) mass is 188 g/mol. The number of ether oxygens (including phenoxy) is 1. The number of nitrogens with zero attached hydrogens (tertiary/aromatic N) is 1. The van der Waals surface area contributed by atoms with Gasteiger partial charge < -0.3 is 15.0 Å². The average Bonchev–Trinajstić information content (AvgIpc) is 2.02. The van der Waals surface area contributed by atoms with E-state index >= 15 is 0 Å². The molecule has 0 rings (SSSR count). The summed E-state index contributed by atoms with van der Waals surface area (Å²) in [5.74, 6) is 0. The molecule has 1 N–H and O–H groups in total. The molecule has 0 aromatic carbocycles. The van der Waals surface area contributed by atoms with Gasteiger partial charge in [0, 0.05) is 26.3 Å². The molecule has 0 saturated carbocycles. The lowest BCUT2D eigenvalue weighted by Gasteiger charge is -2.18. The highest BCUT2D eigenvalue weighted by Crippen LogP contribution is 1.89. The lowest BCUT2D eigenvalue weighted by Crippen LogP contribution is -2.36. The molecule has 1 atom stereocenters. The van der Waals surface area contributed by atoms with Gasteiger partial charge in [0.1, 0.15) is 0 Å². The molecule has 80 valence electrons. The Kier molecular flexibility index (Phi) is 8.40. The Morgan fingerprint density at radius 3 is 2.54 bits per heavy atom. The molecule has 13 heavy (non-hydrogen) atoms. The number of likely N-dealkylation sites (N-methyl/N-ethyl adjacent to an activating group) is 1. The van der Waals surface area contributed by atoms with E-state index in [0.717, 1.165) is 26.1 Å². The maximum Gasteiger partial charge on any atom is 0.0462 e. The van der Waals surface area contributed by atoms with Gasteiger partial charge in [-0.2, -0.15) is 0 Å². The van der Waals surface area contributed by atoms with Crippen LogP contribution in [-0.2, 0) is 4.74 Å². The second-order valence-electron chi connectivity index (χ2n) is 3.82. The first-order valence-electron chi connectivity index (χ1n) is 5.04. The Bertz CT molecular complexity index is 107. The van der Waals surface area contributed by atoms with Crippen molar-refractivity contribution in [3.8, 4) is 0 Å². The third-order valence-electron chi connectivity index (χ3n) is 1.91. The van der Waals surface area contributed by atoms with Crippen molar-refractivity contribution < 1.29 is 4.74 Å².